The molecule has 3 N–H and O–H groups in total. The van der Waals surface area contributed by atoms with Crippen molar-refractivity contribution in [2.45, 2.75) is 19.3 Å². The molecule has 1 saturated heterocycles. The van der Waals surface area contributed by atoms with Crippen molar-refractivity contribution in [1.29, 1.82) is 0 Å². The van der Waals surface area contributed by atoms with Gasteiger partial charge in [0.2, 0.25) is 5.91 Å². The van der Waals surface area contributed by atoms with Crippen LogP contribution >= 0.6 is 11.6 Å². The van der Waals surface area contributed by atoms with Gasteiger partial charge < -0.3 is 15.7 Å². The molecule has 5 nitrogen and oxygen atoms in total. The van der Waals surface area contributed by atoms with Crippen molar-refractivity contribution in [1.82, 2.24) is 0 Å². The van der Waals surface area contributed by atoms with Crippen LogP contribution in [0.4, 0.5) is 5.69 Å². The minimum absolute atomic E-state index is 0.110. The van der Waals surface area contributed by atoms with Gasteiger partial charge in [-0.1, -0.05) is 11.6 Å². The average Bonchev–Trinajstić information content (AvgIpc) is 2.38. The van der Waals surface area contributed by atoms with Crippen LogP contribution in [0, 0.1) is 5.92 Å². The van der Waals surface area contributed by atoms with Crippen molar-refractivity contribution >= 4 is 29.2 Å². The van der Waals surface area contributed by atoms with Crippen molar-refractivity contribution in [2.75, 3.05) is 18.0 Å². The third-order valence-corrected chi connectivity index (χ3v) is 3.97. The Bertz CT molecular complexity index is 525. The van der Waals surface area contributed by atoms with Crippen LogP contribution in [0.5, 0.6) is 0 Å². The fourth-order valence-electron chi connectivity index (χ4n) is 2.55. The number of carbonyl (C=O) groups is 2. The third-order valence-electron chi connectivity index (χ3n) is 3.65. The number of benzene rings is 1. The quantitative estimate of drug-likeness (QED) is 0.891. The first kappa shape index (κ1) is 14.7. The van der Waals surface area contributed by atoms with E-state index in [9.17, 15) is 9.59 Å². The first-order valence-corrected chi connectivity index (χ1v) is 6.91. The number of aromatic carboxylic acids is 1. The van der Waals surface area contributed by atoms with Gasteiger partial charge in [-0.3, -0.25) is 4.79 Å². The molecule has 1 heterocycles. The highest BCUT2D eigenvalue weighted by atomic mass is 35.5. The van der Waals surface area contributed by atoms with Crippen molar-refractivity contribution in [3.8, 4) is 0 Å². The monoisotopic (exact) mass is 296 g/mol. The maximum atomic E-state index is 10.9. The lowest BCUT2D eigenvalue weighted by Gasteiger charge is -2.33. The fourth-order valence-corrected chi connectivity index (χ4v) is 2.81. The molecule has 0 unspecified atom stereocenters. The van der Waals surface area contributed by atoms with Gasteiger partial charge >= 0.3 is 5.97 Å². The maximum Gasteiger partial charge on any atom is 0.337 e. The van der Waals surface area contributed by atoms with Gasteiger partial charge in [0.05, 0.1) is 10.6 Å². The van der Waals surface area contributed by atoms with E-state index in [0.29, 0.717) is 12.3 Å². The van der Waals surface area contributed by atoms with E-state index < -0.39 is 5.97 Å². The standard InChI is InChI=1S/C14H17ClN2O3/c15-12-8-10(1-2-11(12)14(19)20)17-5-3-9(4-6-17)7-13(16)18/h1-2,8-9H,3-7H2,(H2,16,18)(H,19,20). The summed E-state index contributed by atoms with van der Waals surface area (Å²) in [4.78, 5) is 24.0. The molecule has 0 aromatic heterocycles. The predicted octanol–water partition coefficient (Wildman–Crippen LogP) is 2.13. The number of halogens is 1. The molecule has 2 rings (SSSR count). The zero-order chi connectivity index (χ0) is 14.7. The second-order valence-corrected chi connectivity index (χ2v) is 5.48. The van der Waals surface area contributed by atoms with Crippen molar-refractivity contribution < 1.29 is 14.7 Å². The van der Waals surface area contributed by atoms with Gasteiger partial charge in [-0.2, -0.15) is 0 Å². The first-order valence-electron chi connectivity index (χ1n) is 6.53. The molecule has 0 saturated carbocycles. The number of carbonyl (C=O) groups excluding carboxylic acids is 1. The minimum atomic E-state index is -1.03. The lowest BCUT2D eigenvalue weighted by atomic mass is 9.93. The number of amides is 1. The van der Waals surface area contributed by atoms with Crippen LogP contribution in [-0.2, 0) is 4.79 Å². The Labute approximate surface area is 122 Å². The van der Waals surface area contributed by atoms with Crippen LogP contribution in [0.3, 0.4) is 0 Å². The highest BCUT2D eigenvalue weighted by molar-refractivity contribution is 6.33. The molecule has 108 valence electrons. The summed E-state index contributed by atoms with van der Waals surface area (Å²) in [7, 11) is 0. The summed E-state index contributed by atoms with van der Waals surface area (Å²) in [5.74, 6) is -0.934. The molecular weight excluding hydrogens is 280 g/mol. The van der Waals surface area contributed by atoms with Crippen LogP contribution in [0.2, 0.25) is 5.02 Å². The van der Waals surface area contributed by atoms with Gasteiger partial charge in [-0.05, 0) is 37.0 Å². The average molecular weight is 297 g/mol. The smallest absolute Gasteiger partial charge is 0.337 e. The molecule has 0 bridgehead atoms. The number of carboxylic acid groups (broad SMARTS) is 1. The van der Waals surface area contributed by atoms with E-state index >= 15 is 0 Å². The fraction of sp³-hybridized carbons (Fsp3) is 0.429. The van der Waals surface area contributed by atoms with E-state index in [2.05, 4.69) is 4.90 Å². The highest BCUT2D eigenvalue weighted by Gasteiger charge is 2.21. The van der Waals surface area contributed by atoms with Gasteiger partial charge in [0.15, 0.2) is 0 Å². The molecule has 0 radical (unpaired) electrons. The number of anilines is 1. The molecule has 1 aromatic rings. The number of primary amides is 1. The molecule has 0 aliphatic carbocycles. The van der Waals surface area contributed by atoms with Gasteiger partial charge in [0.25, 0.3) is 0 Å². The van der Waals surface area contributed by atoms with Crippen molar-refractivity contribution in [2.24, 2.45) is 11.7 Å². The Hall–Kier alpha value is -1.75. The summed E-state index contributed by atoms with van der Waals surface area (Å²) >= 11 is 5.97. The largest absolute Gasteiger partial charge is 0.478 e. The van der Waals surface area contributed by atoms with Crippen LogP contribution < -0.4 is 10.6 Å². The summed E-state index contributed by atoms with van der Waals surface area (Å²) in [5.41, 5.74) is 6.23. The van der Waals surface area contributed by atoms with Crippen LogP contribution in [0.25, 0.3) is 0 Å². The minimum Gasteiger partial charge on any atom is -0.478 e. The Morgan fingerprint density at radius 3 is 2.50 bits per heavy atom. The molecular formula is C14H17ClN2O3. The molecule has 1 aliphatic heterocycles. The van der Waals surface area contributed by atoms with E-state index in [1.165, 1.54) is 6.07 Å². The SMILES string of the molecule is NC(=O)CC1CCN(c2ccc(C(=O)O)c(Cl)c2)CC1. The highest BCUT2D eigenvalue weighted by Crippen LogP contribution is 2.28. The lowest BCUT2D eigenvalue weighted by Crippen LogP contribution is -2.35. The van der Waals surface area contributed by atoms with Gasteiger partial charge in [0, 0.05) is 25.2 Å². The number of hydrogen-bond acceptors (Lipinski definition) is 3. The maximum absolute atomic E-state index is 10.9. The van der Waals surface area contributed by atoms with E-state index in [-0.39, 0.29) is 16.5 Å². The van der Waals surface area contributed by atoms with E-state index in [4.69, 9.17) is 22.4 Å². The summed E-state index contributed by atoms with van der Waals surface area (Å²) < 4.78 is 0. The summed E-state index contributed by atoms with van der Waals surface area (Å²) in [5, 5.41) is 9.19. The molecule has 1 aromatic carbocycles. The number of nitrogens with two attached hydrogens (primary N) is 1. The molecule has 1 amide bonds. The van der Waals surface area contributed by atoms with E-state index in [0.717, 1.165) is 31.6 Å². The number of nitrogens with zero attached hydrogens (tertiary/aromatic N) is 1. The van der Waals surface area contributed by atoms with Crippen LogP contribution in [0.1, 0.15) is 29.6 Å². The molecule has 0 atom stereocenters. The summed E-state index contributed by atoms with van der Waals surface area (Å²) in [6.45, 7) is 1.64. The number of rotatable bonds is 4. The number of hydrogen-bond donors (Lipinski definition) is 2. The van der Waals surface area contributed by atoms with Crippen LogP contribution in [-0.4, -0.2) is 30.1 Å². The zero-order valence-corrected chi connectivity index (χ0v) is 11.8. The Balaban J connectivity index is 2.02. The first-order chi connectivity index (χ1) is 9.47. The Morgan fingerprint density at radius 1 is 1.35 bits per heavy atom. The zero-order valence-electron chi connectivity index (χ0n) is 11.0. The Morgan fingerprint density at radius 2 is 2.00 bits per heavy atom. The second-order valence-electron chi connectivity index (χ2n) is 5.07. The molecule has 6 heteroatoms. The molecule has 1 fully saturated rings. The third kappa shape index (κ3) is 3.42. The second kappa shape index (κ2) is 6.13. The normalized spacial score (nSPS) is 16.1. The molecule has 20 heavy (non-hydrogen) atoms. The van der Waals surface area contributed by atoms with Crippen LogP contribution in [0.15, 0.2) is 18.2 Å². The van der Waals surface area contributed by atoms with Crippen molar-refractivity contribution in [3.05, 3.63) is 28.8 Å². The van der Waals surface area contributed by atoms with E-state index in [1.54, 1.807) is 12.1 Å². The summed E-state index contributed by atoms with van der Waals surface area (Å²) in [6, 6.07) is 4.97. The van der Waals surface area contributed by atoms with E-state index in [1.807, 2.05) is 0 Å². The number of carboxylic acids is 1. The van der Waals surface area contributed by atoms with Crippen molar-refractivity contribution in [3.63, 3.8) is 0 Å². The molecule has 1 aliphatic rings. The lowest BCUT2D eigenvalue weighted by molar-refractivity contribution is -0.119. The van der Waals surface area contributed by atoms with Gasteiger partial charge in [-0.25, -0.2) is 4.79 Å². The van der Waals surface area contributed by atoms with Gasteiger partial charge in [0.1, 0.15) is 0 Å². The predicted molar refractivity (Wildman–Crippen MR) is 77.2 cm³/mol. The topological polar surface area (TPSA) is 83.6 Å². The Kier molecular flexibility index (Phi) is 4.49. The van der Waals surface area contributed by atoms with Gasteiger partial charge in [-0.15, -0.1) is 0 Å². The molecule has 0 spiro atoms. The summed E-state index contributed by atoms with van der Waals surface area (Å²) in [6.07, 6.45) is 2.25. The number of piperidine rings is 1.